The van der Waals surface area contributed by atoms with Crippen LogP contribution in [0.4, 0.5) is 5.69 Å². The van der Waals surface area contributed by atoms with Gasteiger partial charge in [-0.1, -0.05) is 6.07 Å². The molecule has 0 aromatic carbocycles. The lowest BCUT2D eigenvalue weighted by atomic mass is 10.4. The van der Waals surface area contributed by atoms with Gasteiger partial charge in [-0.15, -0.1) is 0 Å². The third kappa shape index (κ3) is 1.34. The molecular weight excluding hydrogens is 190 g/mol. The molecule has 1 N–H and O–H groups in total. The van der Waals surface area contributed by atoms with Gasteiger partial charge in [-0.3, -0.25) is 10.1 Å². The summed E-state index contributed by atoms with van der Waals surface area (Å²) in [7, 11) is 0. The second-order valence-electron chi connectivity index (χ2n) is 3.17. The van der Waals surface area contributed by atoms with Gasteiger partial charge in [-0.05, 0) is 12.1 Å². The molecule has 0 fully saturated rings. The maximum Gasteiger partial charge on any atom is 0.114 e. The molecule has 0 aliphatic rings. The van der Waals surface area contributed by atoms with Gasteiger partial charge in [-0.2, -0.15) is 5.10 Å². The van der Waals surface area contributed by atoms with Crippen molar-refractivity contribution < 1.29 is 0 Å². The van der Waals surface area contributed by atoms with E-state index in [9.17, 15) is 0 Å². The normalized spacial score (nSPS) is 10.7. The van der Waals surface area contributed by atoms with Crippen molar-refractivity contribution in [2.75, 3.05) is 5.43 Å². The van der Waals surface area contributed by atoms with Crippen molar-refractivity contribution in [3.8, 4) is 0 Å². The smallest absolute Gasteiger partial charge is 0.114 e. The lowest BCUT2D eigenvalue weighted by Crippen LogP contribution is -2.05. The second kappa shape index (κ2) is 3.13. The van der Waals surface area contributed by atoms with Crippen molar-refractivity contribution >= 4 is 11.2 Å². The first kappa shape index (κ1) is 8.05. The Bertz CT molecular complexity index is 566. The van der Waals surface area contributed by atoms with Gasteiger partial charge < -0.3 is 0 Å². The monoisotopic (exact) mass is 199 g/mol. The molecule has 3 heterocycles. The van der Waals surface area contributed by atoms with Gasteiger partial charge in [0.2, 0.25) is 0 Å². The molecule has 5 nitrogen and oxygen atoms in total. The highest BCUT2D eigenvalue weighted by Gasteiger charge is 2.01. The zero-order chi connectivity index (χ0) is 10.1. The summed E-state index contributed by atoms with van der Waals surface area (Å²) in [5.41, 5.74) is 5.16. The average Bonchev–Trinajstić information content (AvgIpc) is 2.89. The quantitative estimate of drug-likeness (QED) is 0.678. The Labute approximate surface area is 86.0 Å². The van der Waals surface area contributed by atoms with Crippen molar-refractivity contribution in [1.82, 2.24) is 19.3 Å². The zero-order valence-electron chi connectivity index (χ0n) is 7.91. The summed E-state index contributed by atoms with van der Waals surface area (Å²) in [6.07, 6.45) is 8.96. The van der Waals surface area contributed by atoms with Crippen LogP contribution in [0.25, 0.3) is 5.52 Å². The summed E-state index contributed by atoms with van der Waals surface area (Å²) in [4.78, 5) is 3.96. The van der Waals surface area contributed by atoms with Gasteiger partial charge >= 0.3 is 0 Å². The highest BCUT2D eigenvalue weighted by atomic mass is 15.4. The van der Waals surface area contributed by atoms with Crippen LogP contribution < -0.4 is 5.43 Å². The highest BCUT2D eigenvalue weighted by molar-refractivity contribution is 5.70. The molecule has 0 spiro atoms. The minimum absolute atomic E-state index is 0.952. The van der Waals surface area contributed by atoms with Crippen LogP contribution in [0.15, 0.2) is 49.3 Å². The van der Waals surface area contributed by atoms with Gasteiger partial charge in [0.05, 0.1) is 11.7 Å². The Hall–Kier alpha value is -2.30. The fraction of sp³-hybridized carbons (Fsp3) is 0. The lowest BCUT2D eigenvalue weighted by molar-refractivity contribution is 0.957. The highest BCUT2D eigenvalue weighted by Crippen LogP contribution is 2.15. The largest absolute Gasteiger partial charge is 0.290 e. The molecule has 74 valence electrons. The van der Waals surface area contributed by atoms with Crippen LogP contribution in [0.3, 0.4) is 0 Å². The fourth-order valence-electron chi connectivity index (χ4n) is 1.49. The Balaban J connectivity index is 2.05. The molecule has 5 heteroatoms. The number of nitrogens with zero attached hydrogens (tertiary/aromatic N) is 4. The first-order chi connectivity index (χ1) is 7.43. The van der Waals surface area contributed by atoms with Crippen LogP contribution in [-0.2, 0) is 0 Å². The summed E-state index contributed by atoms with van der Waals surface area (Å²) >= 11 is 0. The minimum Gasteiger partial charge on any atom is -0.290 e. The average molecular weight is 199 g/mol. The van der Waals surface area contributed by atoms with E-state index in [1.54, 1.807) is 23.4 Å². The molecule has 3 rings (SSSR count). The van der Waals surface area contributed by atoms with Crippen LogP contribution in [0.5, 0.6) is 0 Å². The summed E-state index contributed by atoms with van der Waals surface area (Å²) in [6, 6.07) is 5.93. The molecule has 3 aromatic heterocycles. The van der Waals surface area contributed by atoms with Crippen molar-refractivity contribution in [3.05, 3.63) is 49.3 Å². The molecule has 0 bridgehead atoms. The Morgan fingerprint density at radius 1 is 1.20 bits per heavy atom. The fourth-order valence-corrected chi connectivity index (χ4v) is 1.49. The molecule has 0 atom stereocenters. The third-order valence-corrected chi connectivity index (χ3v) is 2.18. The predicted molar refractivity (Wildman–Crippen MR) is 56.4 cm³/mol. The minimum atomic E-state index is 0.952. The summed E-state index contributed by atoms with van der Waals surface area (Å²) in [6.45, 7) is 0. The summed E-state index contributed by atoms with van der Waals surface area (Å²) in [5.74, 6) is 0. The second-order valence-corrected chi connectivity index (χ2v) is 3.17. The molecule has 15 heavy (non-hydrogen) atoms. The van der Waals surface area contributed by atoms with E-state index in [-0.39, 0.29) is 0 Å². The number of pyridine rings is 1. The van der Waals surface area contributed by atoms with Gasteiger partial charge in [-0.25, -0.2) is 9.50 Å². The van der Waals surface area contributed by atoms with Crippen LogP contribution in [-0.4, -0.2) is 19.3 Å². The van der Waals surface area contributed by atoms with Crippen LogP contribution in [0.2, 0.25) is 0 Å². The molecular formula is C10H9N5. The lowest BCUT2D eigenvalue weighted by Gasteiger charge is -2.03. The molecule has 0 aliphatic carbocycles. The number of rotatable bonds is 2. The zero-order valence-corrected chi connectivity index (χ0v) is 7.91. The van der Waals surface area contributed by atoms with Crippen LogP contribution >= 0.6 is 0 Å². The number of aromatic nitrogens is 4. The SMILES string of the molecule is c1ccn2ncc(Nn3ccnc3)c2c1. The van der Waals surface area contributed by atoms with E-state index in [1.807, 2.05) is 35.1 Å². The Morgan fingerprint density at radius 2 is 2.20 bits per heavy atom. The van der Waals surface area contributed by atoms with Crippen molar-refractivity contribution in [3.63, 3.8) is 0 Å². The number of hydrogen-bond acceptors (Lipinski definition) is 3. The summed E-state index contributed by atoms with van der Waals surface area (Å²) in [5, 5.41) is 4.22. The predicted octanol–water partition coefficient (Wildman–Crippen LogP) is 1.41. The molecule has 0 saturated carbocycles. The van der Waals surface area contributed by atoms with E-state index in [4.69, 9.17) is 0 Å². The number of fused-ring (bicyclic) bond motifs is 1. The van der Waals surface area contributed by atoms with Gasteiger partial charge in [0.1, 0.15) is 12.0 Å². The number of imidazole rings is 1. The maximum atomic E-state index is 4.22. The van der Waals surface area contributed by atoms with Gasteiger partial charge in [0.15, 0.2) is 0 Å². The first-order valence-corrected chi connectivity index (χ1v) is 4.61. The summed E-state index contributed by atoms with van der Waals surface area (Å²) < 4.78 is 3.60. The molecule has 0 saturated heterocycles. The maximum absolute atomic E-state index is 4.22. The number of anilines is 1. The van der Waals surface area contributed by atoms with E-state index in [0.29, 0.717) is 0 Å². The number of hydrogen-bond donors (Lipinski definition) is 1. The van der Waals surface area contributed by atoms with E-state index in [2.05, 4.69) is 15.5 Å². The van der Waals surface area contributed by atoms with Crippen molar-refractivity contribution in [2.45, 2.75) is 0 Å². The number of nitrogens with one attached hydrogen (secondary N) is 1. The molecule has 0 radical (unpaired) electrons. The van der Waals surface area contributed by atoms with Crippen LogP contribution in [0, 0.1) is 0 Å². The Kier molecular flexibility index (Phi) is 1.68. The molecule has 0 aliphatic heterocycles. The van der Waals surface area contributed by atoms with E-state index < -0.39 is 0 Å². The van der Waals surface area contributed by atoms with E-state index >= 15 is 0 Å². The third-order valence-electron chi connectivity index (χ3n) is 2.18. The first-order valence-electron chi connectivity index (χ1n) is 4.61. The van der Waals surface area contributed by atoms with E-state index in [1.165, 1.54) is 0 Å². The molecule has 0 amide bonds. The van der Waals surface area contributed by atoms with Crippen molar-refractivity contribution in [2.24, 2.45) is 0 Å². The van der Waals surface area contributed by atoms with Crippen LogP contribution in [0.1, 0.15) is 0 Å². The van der Waals surface area contributed by atoms with E-state index in [0.717, 1.165) is 11.2 Å². The molecule has 0 unspecified atom stereocenters. The van der Waals surface area contributed by atoms with Gasteiger partial charge in [0.25, 0.3) is 0 Å². The topological polar surface area (TPSA) is 47.1 Å². The Morgan fingerprint density at radius 3 is 3.07 bits per heavy atom. The standard InChI is InChI=1S/C10H9N5/c1-2-5-15-10(3-1)9(7-12-15)13-14-6-4-11-8-14/h1-8,13H. The van der Waals surface area contributed by atoms with Gasteiger partial charge in [0, 0.05) is 18.6 Å². The molecule has 3 aromatic rings. The van der Waals surface area contributed by atoms with Crippen molar-refractivity contribution in [1.29, 1.82) is 0 Å².